The van der Waals surface area contributed by atoms with E-state index in [1.54, 1.807) is 0 Å². The number of ether oxygens (including phenoxy) is 1. The summed E-state index contributed by atoms with van der Waals surface area (Å²) >= 11 is 0. The van der Waals surface area contributed by atoms with Gasteiger partial charge in [-0.2, -0.15) is 0 Å². The minimum absolute atomic E-state index is 0.0294. The number of benzene rings is 1. The highest BCUT2D eigenvalue weighted by Gasteiger charge is 2.23. The van der Waals surface area contributed by atoms with Crippen LogP contribution in [-0.4, -0.2) is 25.1 Å². The Hall–Kier alpha value is -1.55. The first-order valence-electron chi connectivity index (χ1n) is 7.86. The van der Waals surface area contributed by atoms with Gasteiger partial charge >= 0.3 is 0 Å². The molecular formula is C17H26N2O2. The second kappa shape index (κ2) is 7.46. The quantitative estimate of drug-likeness (QED) is 0.774. The first-order valence-corrected chi connectivity index (χ1v) is 7.86. The summed E-state index contributed by atoms with van der Waals surface area (Å²) in [5, 5.41) is 6.40. The molecule has 21 heavy (non-hydrogen) atoms. The third-order valence-corrected chi connectivity index (χ3v) is 3.63. The molecule has 2 N–H and O–H groups in total. The second-order valence-corrected chi connectivity index (χ2v) is 5.85. The van der Waals surface area contributed by atoms with Crippen molar-refractivity contribution >= 4 is 5.91 Å². The number of hydrogen-bond donors (Lipinski definition) is 2. The molecule has 1 aliphatic carbocycles. The molecule has 0 aromatic heterocycles. The number of nitrogens with one attached hydrogen (secondary N) is 2. The third kappa shape index (κ3) is 5.05. The summed E-state index contributed by atoms with van der Waals surface area (Å²) in [5.74, 6) is 0.765. The van der Waals surface area contributed by atoms with Gasteiger partial charge in [0.2, 0.25) is 0 Å². The molecule has 116 valence electrons. The van der Waals surface area contributed by atoms with Crippen LogP contribution in [0.4, 0.5) is 0 Å². The van der Waals surface area contributed by atoms with Crippen LogP contribution in [-0.2, 0) is 4.79 Å². The van der Waals surface area contributed by atoms with Crippen LogP contribution in [0.15, 0.2) is 18.2 Å². The fourth-order valence-corrected chi connectivity index (χ4v) is 2.25. The van der Waals surface area contributed by atoms with Crippen LogP contribution >= 0.6 is 0 Å². The van der Waals surface area contributed by atoms with Gasteiger partial charge in [0.25, 0.3) is 5.91 Å². The molecule has 0 radical (unpaired) electrons. The number of hydrogen-bond acceptors (Lipinski definition) is 3. The predicted octanol–water partition coefficient (Wildman–Crippen LogP) is 2.71. The van der Waals surface area contributed by atoms with E-state index >= 15 is 0 Å². The Morgan fingerprint density at radius 3 is 2.86 bits per heavy atom. The lowest BCUT2D eigenvalue weighted by Crippen LogP contribution is -2.30. The lowest BCUT2D eigenvalue weighted by Gasteiger charge is -2.19. The molecule has 4 heteroatoms. The van der Waals surface area contributed by atoms with Gasteiger partial charge < -0.3 is 15.4 Å². The van der Waals surface area contributed by atoms with Crippen molar-refractivity contribution < 1.29 is 9.53 Å². The molecule has 0 heterocycles. The SMILES string of the molecule is CCCNC(C)c1cc(C)ccc1OCC(=O)NC1CC1. The Kier molecular flexibility index (Phi) is 5.62. The molecule has 1 aliphatic rings. The molecule has 1 saturated carbocycles. The summed E-state index contributed by atoms with van der Waals surface area (Å²) < 4.78 is 5.73. The van der Waals surface area contributed by atoms with Crippen molar-refractivity contribution in [3.63, 3.8) is 0 Å². The van der Waals surface area contributed by atoms with Crippen molar-refractivity contribution in [2.45, 2.75) is 52.1 Å². The molecule has 4 nitrogen and oxygen atoms in total. The van der Waals surface area contributed by atoms with E-state index in [4.69, 9.17) is 4.74 Å². The van der Waals surface area contributed by atoms with Crippen LogP contribution in [0.1, 0.15) is 50.3 Å². The van der Waals surface area contributed by atoms with Crippen molar-refractivity contribution in [1.29, 1.82) is 0 Å². The maximum absolute atomic E-state index is 11.7. The highest BCUT2D eigenvalue weighted by atomic mass is 16.5. The molecule has 1 amide bonds. The molecule has 2 rings (SSSR count). The molecule has 1 atom stereocenters. The van der Waals surface area contributed by atoms with Crippen LogP contribution in [0, 0.1) is 6.92 Å². The number of carbonyl (C=O) groups is 1. The Morgan fingerprint density at radius 2 is 2.19 bits per heavy atom. The average Bonchev–Trinajstić information content (AvgIpc) is 3.27. The Balaban J connectivity index is 1.97. The second-order valence-electron chi connectivity index (χ2n) is 5.85. The van der Waals surface area contributed by atoms with Crippen molar-refractivity contribution in [2.24, 2.45) is 0 Å². The van der Waals surface area contributed by atoms with Crippen LogP contribution < -0.4 is 15.4 Å². The van der Waals surface area contributed by atoms with E-state index in [0.717, 1.165) is 37.1 Å². The summed E-state index contributed by atoms with van der Waals surface area (Å²) in [4.78, 5) is 11.7. The van der Waals surface area contributed by atoms with Gasteiger partial charge in [0.1, 0.15) is 5.75 Å². The van der Waals surface area contributed by atoms with Gasteiger partial charge in [-0.05, 0) is 45.7 Å². The minimum Gasteiger partial charge on any atom is -0.483 e. The fourth-order valence-electron chi connectivity index (χ4n) is 2.25. The zero-order valence-corrected chi connectivity index (χ0v) is 13.2. The van der Waals surface area contributed by atoms with Crippen LogP contribution in [0.3, 0.4) is 0 Å². The van der Waals surface area contributed by atoms with Gasteiger partial charge in [-0.3, -0.25) is 4.79 Å². The lowest BCUT2D eigenvalue weighted by molar-refractivity contribution is -0.123. The van der Waals surface area contributed by atoms with E-state index < -0.39 is 0 Å². The standard InChI is InChI=1S/C17H26N2O2/c1-4-9-18-13(3)15-10-12(2)5-8-16(15)21-11-17(20)19-14-6-7-14/h5,8,10,13-14,18H,4,6-7,9,11H2,1-3H3,(H,19,20). The van der Waals surface area contributed by atoms with E-state index in [9.17, 15) is 4.79 Å². The van der Waals surface area contributed by atoms with Gasteiger partial charge in [-0.15, -0.1) is 0 Å². The first kappa shape index (κ1) is 15.8. The lowest BCUT2D eigenvalue weighted by atomic mass is 10.0. The number of aryl methyl sites for hydroxylation is 1. The normalized spacial score (nSPS) is 15.6. The van der Waals surface area contributed by atoms with E-state index in [1.165, 1.54) is 5.56 Å². The van der Waals surface area contributed by atoms with Crippen molar-refractivity contribution in [3.8, 4) is 5.75 Å². The molecule has 1 unspecified atom stereocenters. The van der Waals surface area contributed by atoms with E-state index in [-0.39, 0.29) is 18.6 Å². The van der Waals surface area contributed by atoms with E-state index in [2.05, 4.69) is 37.5 Å². The van der Waals surface area contributed by atoms with Gasteiger partial charge in [-0.25, -0.2) is 0 Å². The highest BCUT2D eigenvalue weighted by Crippen LogP contribution is 2.26. The molecule has 1 aromatic rings. The third-order valence-electron chi connectivity index (χ3n) is 3.63. The van der Waals surface area contributed by atoms with Gasteiger partial charge in [0, 0.05) is 17.6 Å². The van der Waals surface area contributed by atoms with E-state index in [0.29, 0.717) is 6.04 Å². The molecule has 0 bridgehead atoms. The van der Waals surface area contributed by atoms with Crippen molar-refractivity contribution in [3.05, 3.63) is 29.3 Å². The zero-order valence-electron chi connectivity index (χ0n) is 13.2. The van der Waals surface area contributed by atoms with Crippen LogP contribution in [0.5, 0.6) is 5.75 Å². The summed E-state index contributed by atoms with van der Waals surface area (Å²) in [6, 6.07) is 6.69. The molecular weight excluding hydrogens is 264 g/mol. The van der Waals surface area contributed by atoms with Crippen LogP contribution in [0.2, 0.25) is 0 Å². The average molecular weight is 290 g/mol. The molecule has 1 aromatic carbocycles. The minimum atomic E-state index is -0.0294. The number of rotatable bonds is 8. The zero-order chi connectivity index (χ0) is 15.2. The maximum atomic E-state index is 11.7. The number of carbonyl (C=O) groups excluding carboxylic acids is 1. The molecule has 0 spiro atoms. The first-order chi connectivity index (χ1) is 10.1. The Labute approximate surface area is 127 Å². The Morgan fingerprint density at radius 1 is 1.43 bits per heavy atom. The summed E-state index contributed by atoms with van der Waals surface area (Å²) in [5.41, 5.74) is 2.31. The fraction of sp³-hybridized carbons (Fsp3) is 0.588. The highest BCUT2D eigenvalue weighted by molar-refractivity contribution is 5.78. The van der Waals surface area contributed by atoms with Crippen molar-refractivity contribution in [2.75, 3.05) is 13.2 Å². The topological polar surface area (TPSA) is 50.4 Å². The van der Waals surface area contributed by atoms with Gasteiger partial charge in [0.15, 0.2) is 6.61 Å². The summed E-state index contributed by atoms with van der Waals surface area (Å²) in [7, 11) is 0. The van der Waals surface area contributed by atoms with Gasteiger partial charge in [0.05, 0.1) is 0 Å². The predicted molar refractivity (Wildman–Crippen MR) is 84.5 cm³/mol. The molecule has 0 saturated heterocycles. The summed E-state index contributed by atoms with van der Waals surface area (Å²) in [6.45, 7) is 7.40. The van der Waals surface area contributed by atoms with Crippen molar-refractivity contribution in [1.82, 2.24) is 10.6 Å². The largest absolute Gasteiger partial charge is 0.483 e. The molecule has 1 fully saturated rings. The van der Waals surface area contributed by atoms with Gasteiger partial charge in [-0.1, -0.05) is 24.6 Å². The smallest absolute Gasteiger partial charge is 0.258 e. The maximum Gasteiger partial charge on any atom is 0.258 e. The summed E-state index contributed by atoms with van der Waals surface area (Å²) in [6.07, 6.45) is 3.29. The van der Waals surface area contributed by atoms with Crippen LogP contribution in [0.25, 0.3) is 0 Å². The Bertz CT molecular complexity index is 484. The monoisotopic (exact) mass is 290 g/mol. The number of amides is 1. The molecule has 0 aliphatic heterocycles. The van der Waals surface area contributed by atoms with E-state index in [1.807, 2.05) is 12.1 Å².